The van der Waals surface area contributed by atoms with Gasteiger partial charge in [0.05, 0.1) is 17.1 Å². The van der Waals surface area contributed by atoms with E-state index < -0.39 is 4.92 Å². The number of anilines is 1. The topological polar surface area (TPSA) is 66.6 Å². The van der Waals surface area contributed by atoms with E-state index in [1.807, 2.05) is 7.05 Å². The third-order valence-electron chi connectivity index (χ3n) is 3.67. The quantitative estimate of drug-likeness (QED) is 0.672. The lowest BCUT2D eigenvalue weighted by molar-refractivity contribution is -0.385. The molecule has 106 valence electrons. The second-order valence-electron chi connectivity index (χ2n) is 5.88. The zero-order valence-electron chi connectivity index (χ0n) is 12.2. The summed E-state index contributed by atoms with van der Waals surface area (Å²) in [6.45, 7) is 8.22. The molecule has 0 radical (unpaired) electrons. The van der Waals surface area contributed by atoms with Crippen molar-refractivity contribution in [3.05, 3.63) is 33.9 Å². The van der Waals surface area contributed by atoms with Gasteiger partial charge in [0.2, 0.25) is 0 Å². The lowest BCUT2D eigenvalue weighted by Gasteiger charge is -2.37. The maximum absolute atomic E-state index is 10.8. The molecule has 1 N–H and O–H groups in total. The van der Waals surface area contributed by atoms with Crippen molar-refractivity contribution in [1.82, 2.24) is 0 Å². The van der Waals surface area contributed by atoms with Gasteiger partial charge in [0.25, 0.3) is 5.69 Å². The lowest BCUT2D eigenvalue weighted by atomic mass is 9.87. The summed E-state index contributed by atoms with van der Waals surface area (Å²) in [6, 6.07) is 5.12. The van der Waals surface area contributed by atoms with Crippen LogP contribution in [0.1, 0.15) is 33.3 Å². The van der Waals surface area contributed by atoms with Crippen molar-refractivity contribution in [2.75, 3.05) is 11.9 Å². The molecule has 19 heavy (non-hydrogen) atoms. The highest BCUT2D eigenvalue weighted by Gasteiger charge is 2.25. The van der Waals surface area contributed by atoms with Crippen LogP contribution < -0.4 is 4.90 Å². The average molecular weight is 266 g/mol. The van der Waals surface area contributed by atoms with E-state index in [1.54, 1.807) is 12.1 Å². The minimum Gasteiger partial charge on any atom is -0.391 e. The van der Waals surface area contributed by atoms with Crippen molar-refractivity contribution < 1.29 is 10.0 Å². The van der Waals surface area contributed by atoms with Crippen molar-refractivity contribution in [2.45, 2.75) is 40.3 Å². The number of aliphatic hydroxyl groups is 1. The van der Waals surface area contributed by atoms with Crippen molar-refractivity contribution in [1.29, 1.82) is 0 Å². The fourth-order valence-electron chi connectivity index (χ4n) is 1.90. The molecule has 0 fully saturated rings. The van der Waals surface area contributed by atoms with Gasteiger partial charge in [0.1, 0.15) is 0 Å². The third-order valence-corrected chi connectivity index (χ3v) is 3.67. The van der Waals surface area contributed by atoms with Crippen LogP contribution in [0.15, 0.2) is 18.2 Å². The van der Waals surface area contributed by atoms with E-state index in [4.69, 9.17) is 0 Å². The highest BCUT2D eigenvalue weighted by atomic mass is 16.6. The predicted octanol–water partition coefficient (Wildman–Crippen LogP) is 2.96. The molecule has 1 atom stereocenters. The molecule has 0 amide bonds. The van der Waals surface area contributed by atoms with Gasteiger partial charge >= 0.3 is 0 Å². The first-order valence-corrected chi connectivity index (χ1v) is 6.29. The van der Waals surface area contributed by atoms with Crippen LogP contribution in [0, 0.1) is 15.5 Å². The van der Waals surface area contributed by atoms with Gasteiger partial charge in [0, 0.05) is 24.8 Å². The van der Waals surface area contributed by atoms with E-state index in [2.05, 4.69) is 32.6 Å². The van der Waals surface area contributed by atoms with Crippen molar-refractivity contribution >= 4 is 11.4 Å². The molecule has 0 aliphatic heterocycles. The third kappa shape index (κ3) is 3.44. The monoisotopic (exact) mass is 266 g/mol. The first-order valence-electron chi connectivity index (χ1n) is 6.29. The molecule has 1 rings (SSSR count). The van der Waals surface area contributed by atoms with Crippen LogP contribution in [0.25, 0.3) is 0 Å². The van der Waals surface area contributed by atoms with Gasteiger partial charge in [-0.05, 0) is 24.5 Å². The first kappa shape index (κ1) is 15.4. The first-order chi connectivity index (χ1) is 8.68. The maximum atomic E-state index is 10.8. The molecule has 0 aromatic heterocycles. The van der Waals surface area contributed by atoms with Crippen LogP contribution in [0.4, 0.5) is 11.4 Å². The number of nitro benzene ring substituents is 1. The summed E-state index contributed by atoms with van der Waals surface area (Å²) >= 11 is 0. The second kappa shape index (κ2) is 5.57. The maximum Gasteiger partial charge on any atom is 0.275 e. The van der Waals surface area contributed by atoms with E-state index in [0.717, 1.165) is 5.69 Å². The van der Waals surface area contributed by atoms with Crippen molar-refractivity contribution in [3.63, 3.8) is 0 Å². The molecule has 0 saturated carbocycles. The molecule has 5 heteroatoms. The fraction of sp³-hybridized carbons (Fsp3) is 0.571. The summed E-state index contributed by atoms with van der Waals surface area (Å²) in [5.41, 5.74) is 1.27. The summed E-state index contributed by atoms with van der Waals surface area (Å²) < 4.78 is 0. The summed E-state index contributed by atoms with van der Waals surface area (Å²) in [4.78, 5) is 12.4. The smallest absolute Gasteiger partial charge is 0.275 e. The Labute approximate surface area is 114 Å². The fourth-order valence-corrected chi connectivity index (χ4v) is 1.90. The average Bonchev–Trinajstić information content (AvgIpc) is 2.34. The molecule has 1 aromatic carbocycles. The Balaban J connectivity index is 3.12. The van der Waals surface area contributed by atoms with Crippen LogP contribution in [0.5, 0.6) is 0 Å². The Hall–Kier alpha value is -1.62. The minimum atomic E-state index is -0.470. The van der Waals surface area contributed by atoms with Crippen LogP contribution in [0.3, 0.4) is 0 Å². The van der Waals surface area contributed by atoms with Crippen LogP contribution in [-0.4, -0.2) is 23.1 Å². The van der Waals surface area contributed by atoms with Gasteiger partial charge in [-0.15, -0.1) is 0 Å². The van der Waals surface area contributed by atoms with E-state index in [0.29, 0.717) is 5.56 Å². The number of nitrogens with zero attached hydrogens (tertiary/aromatic N) is 2. The van der Waals surface area contributed by atoms with E-state index in [-0.39, 0.29) is 23.8 Å². The summed E-state index contributed by atoms with van der Waals surface area (Å²) in [6.07, 6.45) is 0. The summed E-state index contributed by atoms with van der Waals surface area (Å²) in [7, 11) is 1.96. The Morgan fingerprint density at radius 2 is 2.00 bits per heavy atom. The largest absolute Gasteiger partial charge is 0.391 e. The highest BCUT2D eigenvalue weighted by molar-refractivity contribution is 5.55. The van der Waals surface area contributed by atoms with Gasteiger partial charge < -0.3 is 10.0 Å². The summed E-state index contributed by atoms with van der Waals surface area (Å²) in [5.74, 6) is 0. The molecular formula is C14H22N2O3. The van der Waals surface area contributed by atoms with Crippen LogP contribution in [0.2, 0.25) is 0 Å². The zero-order chi connectivity index (χ0) is 14.8. The molecule has 0 aliphatic rings. The number of rotatable bonds is 4. The lowest BCUT2D eigenvalue weighted by Crippen LogP contribution is -2.39. The Bertz CT molecular complexity index is 466. The zero-order valence-corrected chi connectivity index (χ0v) is 12.2. The second-order valence-corrected chi connectivity index (χ2v) is 5.88. The van der Waals surface area contributed by atoms with E-state index in [9.17, 15) is 15.2 Å². The number of benzene rings is 1. The SMILES string of the molecule is CC(N(C)c1ccc([N+](=O)[O-])c(CO)c1)C(C)(C)C. The van der Waals surface area contributed by atoms with E-state index in [1.165, 1.54) is 6.07 Å². The van der Waals surface area contributed by atoms with Gasteiger partial charge in [-0.1, -0.05) is 20.8 Å². The molecule has 0 saturated heterocycles. The molecular weight excluding hydrogens is 244 g/mol. The van der Waals surface area contributed by atoms with Crippen LogP contribution >= 0.6 is 0 Å². The van der Waals surface area contributed by atoms with Crippen molar-refractivity contribution in [2.24, 2.45) is 5.41 Å². The van der Waals surface area contributed by atoms with Gasteiger partial charge in [-0.2, -0.15) is 0 Å². The van der Waals surface area contributed by atoms with Crippen LogP contribution in [-0.2, 0) is 6.61 Å². The highest BCUT2D eigenvalue weighted by Crippen LogP contribution is 2.30. The van der Waals surface area contributed by atoms with Crippen molar-refractivity contribution in [3.8, 4) is 0 Å². The normalized spacial score (nSPS) is 13.2. The number of hydrogen-bond acceptors (Lipinski definition) is 4. The Morgan fingerprint density at radius 1 is 1.42 bits per heavy atom. The Kier molecular flexibility index (Phi) is 4.52. The molecule has 0 heterocycles. The Morgan fingerprint density at radius 3 is 2.42 bits per heavy atom. The predicted molar refractivity (Wildman–Crippen MR) is 76.3 cm³/mol. The molecule has 5 nitrogen and oxygen atoms in total. The molecule has 1 unspecified atom stereocenters. The van der Waals surface area contributed by atoms with Gasteiger partial charge in [0.15, 0.2) is 0 Å². The number of aliphatic hydroxyl groups excluding tert-OH is 1. The van der Waals surface area contributed by atoms with Gasteiger partial charge in [-0.25, -0.2) is 0 Å². The van der Waals surface area contributed by atoms with E-state index >= 15 is 0 Å². The molecule has 0 bridgehead atoms. The standard InChI is InChI=1S/C14H22N2O3/c1-10(14(2,3)4)15(5)12-6-7-13(16(18)19)11(8-12)9-17/h6-8,10,17H,9H2,1-5H3. The molecule has 0 aliphatic carbocycles. The molecule has 0 spiro atoms. The number of hydrogen-bond donors (Lipinski definition) is 1. The van der Waals surface area contributed by atoms with Gasteiger partial charge in [-0.3, -0.25) is 10.1 Å². The molecule has 1 aromatic rings. The number of nitro groups is 1. The summed E-state index contributed by atoms with van der Waals surface area (Å²) in [5, 5.41) is 20.1. The minimum absolute atomic E-state index is 0.0388.